The first-order chi connectivity index (χ1) is 6.11. The van der Waals surface area contributed by atoms with E-state index in [1.165, 1.54) is 12.7 Å². The Kier molecular flexibility index (Phi) is 2.79. The second-order valence-corrected chi connectivity index (χ2v) is 2.88. The van der Waals surface area contributed by atoms with Crippen molar-refractivity contribution in [2.45, 2.75) is 19.9 Å². The number of rotatable bonds is 1. The molecule has 0 atom stereocenters. The number of aliphatic imine (C=N–C) groups is 1. The fourth-order valence-electron chi connectivity index (χ4n) is 0.721. The molecule has 70 valence electrons. The molecule has 0 bridgehead atoms. The van der Waals surface area contributed by atoms with E-state index >= 15 is 0 Å². The van der Waals surface area contributed by atoms with E-state index in [4.69, 9.17) is 0 Å². The smallest absolute Gasteiger partial charge is 0.274 e. The highest BCUT2D eigenvalue weighted by atomic mass is 16.2. The Hall–Kier alpha value is -1.65. The highest BCUT2D eigenvalue weighted by molar-refractivity contribution is 6.00. The van der Waals surface area contributed by atoms with Gasteiger partial charge in [0.2, 0.25) is 0 Å². The molecule has 1 N–H and O–H groups in total. The summed E-state index contributed by atoms with van der Waals surface area (Å²) < 4.78 is 0. The fraction of sp³-hybridized carbons (Fsp3) is 0.375. The van der Waals surface area contributed by atoms with Crippen molar-refractivity contribution in [3.63, 3.8) is 0 Å². The minimum absolute atomic E-state index is 0.178. The van der Waals surface area contributed by atoms with Crippen LogP contribution in [0.3, 0.4) is 0 Å². The van der Waals surface area contributed by atoms with Crippen molar-refractivity contribution in [2.24, 2.45) is 10.1 Å². The summed E-state index contributed by atoms with van der Waals surface area (Å²) in [6, 6.07) is 0.197. The van der Waals surface area contributed by atoms with Crippen molar-refractivity contribution < 1.29 is 4.79 Å². The largest absolute Gasteiger partial charge is 0.310 e. The zero-order valence-corrected chi connectivity index (χ0v) is 7.69. The van der Waals surface area contributed by atoms with E-state index in [2.05, 4.69) is 22.0 Å². The summed E-state index contributed by atoms with van der Waals surface area (Å²) in [5.74, 6) is -0.330. The maximum Gasteiger partial charge on any atom is 0.274 e. The first kappa shape index (κ1) is 9.44. The number of amides is 1. The predicted molar refractivity (Wildman–Crippen MR) is 51.2 cm³/mol. The molecular weight excluding hydrogens is 168 g/mol. The van der Waals surface area contributed by atoms with E-state index in [1.807, 2.05) is 13.8 Å². The van der Waals surface area contributed by atoms with Crippen LogP contribution in [-0.2, 0) is 4.79 Å². The lowest BCUT2D eigenvalue weighted by Gasteiger charge is -2.18. The topological polar surface area (TPSA) is 57.1 Å². The molecule has 0 aliphatic carbocycles. The highest BCUT2D eigenvalue weighted by Gasteiger charge is 2.08. The van der Waals surface area contributed by atoms with Crippen LogP contribution in [0.15, 0.2) is 22.4 Å². The van der Waals surface area contributed by atoms with E-state index < -0.39 is 0 Å². The molecule has 1 aliphatic rings. The van der Waals surface area contributed by atoms with Gasteiger partial charge in [-0.05, 0) is 13.8 Å². The van der Waals surface area contributed by atoms with Crippen molar-refractivity contribution in [1.29, 1.82) is 0 Å². The summed E-state index contributed by atoms with van der Waals surface area (Å²) in [6.07, 6.45) is 2.82. The molecule has 0 aromatic rings. The van der Waals surface area contributed by atoms with Crippen LogP contribution in [-0.4, -0.2) is 29.6 Å². The van der Waals surface area contributed by atoms with Crippen LogP contribution in [0, 0.1) is 0 Å². The van der Waals surface area contributed by atoms with Gasteiger partial charge in [-0.2, -0.15) is 5.10 Å². The van der Waals surface area contributed by atoms with Crippen molar-refractivity contribution in [3.8, 4) is 0 Å². The average Bonchev–Trinajstić information content (AvgIpc) is 2.06. The maximum absolute atomic E-state index is 11.0. The lowest BCUT2D eigenvalue weighted by molar-refractivity contribution is -0.116. The van der Waals surface area contributed by atoms with Crippen molar-refractivity contribution in [3.05, 3.63) is 12.3 Å². The number of carbonyl (C=O) groups is 1. The van der Waals surface area contributed by atoms with Gasteiger partial charge in [-0.25, -0.2) is 4.99 Å². The van der Waals surface area contributed by atoms with Crippen LogP contribution in [0.5, 0.6) is 0 Å². The van der Waals surface area contributed by atoms with Gasteiger partial charge in [0, 0.05) is 6.04 Å². The molecule has 0 aromatic carbocycles. The highest BCUT2D eigenvalue weighted by Crippen LogP contribution is 1.99. The van der Waals surface area contributed by atoms with Gasteiger partial charge in [-0.1, -0.05) is 6.58 Å². The first-order valence-corrected chi connectivity index (χ1v) is 3.96. The van der Waals surface area contributed by atoms with Crippen LogP contribution in [0.1, 0.15) is 13.8 Å². The quantitative estimate of drug-likeness (QED) is 0.590. The van der Waals surface area contributed by atoms with Crippen molar-refractivity contribution in [1.82, 2.24) is 10.3 Å². The van der Waals surface area contributed by atoms with Gasteiger partial charge in [0.05, 0.1) is 0 Å². The Bertz CT molecular complexity index is 280. The Morgan fingerprint density at radius 3 is 2.92 bits per heavy atom. The molecule has 5 heteroatoms. The molecule has 0 saturated carbocycles. The van der Waals surface area contributed by atoms with Crippen LogP contribution >= 0.6 is 0 Å². The van der Waals surface area contributed by atoms with Gasteiger partial charge in [-0.3, -0.25) is 9.80 Å². The standard InChI is InChI=1S/C8H12N4O/c1-6(2)12-5-10-7(3)8(13)9-4-11-12/h4-6H,3H2,1-2H3,(H,9,11,13). The Morgan fingerprint density at radius 2 is 2.31 bits per heavy atom. The van der Waals surface area contributed by atoms with Crippen LogP contribution in [0.2, 0.25) is 0 Å². The summed E-state index contributed by atoms with van der Waals surface area (Å²) in [6.45, 7) is 7.43. The molecule has 0 saturated heterocycles. The third kappa shape index (κ3) is 2.40. The monoisotopic (exact) mass is 180 g/mol. The lowest BCUT2D eigenvalue weighted by atomic mass is 10.4. The average molecular weight is 180 g/mol. The molecule has 0 radical (unpaired) electrons. The van der Waals surface area contributed by atoms with Gasteiger partial charge in [0.1, 0.15) is 18.4 Å². The van der Waals surface area contributed by atoms with Gasteiger partial charge >= 0.3 is 0 Å². The van der Waals surface area contributed by atoms with Crippen LogP contribution in [0.25, 0.3) is 0 Å². The predicted octanol–water partition coefficient (Wildman–Crippen LogP) is 0.312. The van der Waals surface area contributed by atoms with Crippen LogP contribution in [0.4, 0.5) is 0 Å². The molecule has 1 heterocycles. The number of hydrogen-bond acceptors (Lipinski definition) is 4. The van der Waals surface area contributed by atoms with Gasteiger partial charge in [0.25, 0.3) is 5.91 Å². The van der Waals surface area contributed by atoms with Gasteiger partial charge in [-0.15, -0.1) is 0 Å². The number of hydrazone groups is 1. The molecule has 0 unspecified atom stereocenters. The maximum atomic E-state index is 11.0. The van der Waals surface area contributed by atoms with E-state index in [0.717, 1.165) is 0 Å². The minimum Gasteiger partial charge on any atom is -0.310 e. The molecule has 0 spiro atoms. The van der Waals surface area contributed by atoms with E-state index in [9.17, 15) is 4.79 Å². The summed E-state index contributed by atoms with van der Waals surface area (Å²) >= 11 is 0. The molecule has 1 rings (SSSR count). The molecular formula is C8H12N4O. The van der Waals surface area contributed by atoms with Crippen molar-refractivity contribution >= 4 is 18.6 Å². The number of carbonyl (C=O) groups excluding carboxylic acids is 1. The molecule has 0 fully saturated rings. The minimum atomic E-state index is -0.330. The molecule has 1 amide bonds. The fourth-order valence-corrected chi connectivity index (χ4v) is 0.721. The van der Waals surface area contributed by atoms with E-state index in [-0.39, 0.29) is 17.6 Å². The normalized spacial score (nSPS) is 19.8. The first-order valence-electron chi connectivity index (χ1n) is 3.96. The summed E-state index contributed by atoms with van der Waals surface area (Å²) in [5.41, 5.74) is 0.178. The zero-order valence-electron chi connectivity index (χ0n) is 7.69. The molecule has 0 aromatic heterocycles. The zero-order chi connectivity index (χ0) is 9.84. The Labute approximate surface area is 76.8 Å². The number of hydrogen-bond donors (Lipinski definition) is 1. The number of nitrogens with zero attached hydrogens (tertiary/aromatic N) is 3. The molecule has 5 nitrogen and oxygen atoms in total. The van der Waals surface area contributed by atoms with E-state index in [0.29, 0.717) is 0 Å². The number of nitrogens with one attached hydrogen (secondary N) is 1. The summed E-state index contributed by atoms with van der Waals surface area (Å²) in [5, 5.41) is 8.02. The van der Waals surface area contributed by atoms with Crippen LogP contribution < -0.4 is 5.32 Å². The van der Waals surface area contributed by atoms with Gasteiger partial charge in [0.15, 0.2) is 0 Å². The molecule has 1 aliphatic heterocycles. The Balaban J connectivity index is 2.79. The second-order valence-electron chi connectivity index (χ2n) is 2.88. The summed E-state index contributed by atoms with van der Waals surface area (Å²) in [4.78, 5) is 14.9. The third-order valence-corrected chi connectivity index (χ3v) is 1.51. The molecule has 13 heavy (non-hydrogen) atoms. The van der Waals surface area contributed by atoms with Gasteiger partial charge < -0.3 is 5.32 Å². The SMILES string of the molecule is C=C1N=CN(C(C)C)/N=C\NC1=O. The second kappa shape index (κ2) is 3.84. The van der Waals surface area contributed by atoms with E-state index in [1.54, 1.807) is 5.01 Å². The lowest BCUT2D eigenvalue weighted by Crippen LogP contribution is -2.31. The third-order valence-electron chi connectivity index (χ3n) is 1.51. The summed E-state index contributed by atoms with van der Waals surface area (Å²) in [7, 11) is 0. The Morgan fingerprint density at radius 1 is 1.62 bits per heavy atom. The van der Waals surface area contributed by atoms with Crippen molar-refractivity contribution in [2.75, 3.05) is 0 Å².